The molecule has 0 bridgehead atoms. The summed E-state index contributed by atoms with van der Waals surface area (Å²) in [7, 11) is 0. The summed E-state index contributed by atoms with van der Waals surface area (Å²) < 4.78 is 5.38. The predicted octanol–water partition coefficient (Wildman–Crippen LogP) is 3.99. The van der Waals surface area contributed by atoms with Gasteiger partial charge in [0.2, 0.25) is 5.91 Å². The maximum absolute atomic E-state index is 12.4. The quantitative estimate of drug-likeness (QED) is 0.837. The molecule has 0 radical (unpaired) electrons. The highest BCUT2D eigenvalue weighted by Gasteiger charge is 2.29. The summed E-state index contributed by atoms with van der Waals surface area (Å²) >= 11 is 0. The Kier molecular flexibility index (Phi) is 5.03. The van der Waals surface area contributed by atoms with Gasteiger partial charge >= 0.3 is 0 Å². The van der Waals surface area contributed by atoms with Crippen LogP contribution < -0.4 is 15.4 Å². The Morgan fingerprint density at radius 1 is 1.04 bits per heavy atom. The van der Waals surface area contributed by atoms with E-state index in [1.54, 1.807) is 24.3 Å². The van der Waals surface area contributed by atoms with E-state index in [2.05, 4.69) is 10.6 Å². The van der Waals surface area contributed by atoms with E-state index in [-0.39, 0.29) is 17.7 Å². The third kappa shape index (κ3) is 4.18. The van der Waals surface area contributed by atoms with Gasteiger partial charge in [-0.15, -0.1) is 0 Å². The second kappa shape index (κ2) is 7.38. The molecule has 1 saturated carbocycles. The van der Waals surface area contributed by atoms with Gasteiger partial charge in [0.25, 0.3) is 5.91 Å². The summed E-state index contributed by atoms with van der Waals surface area (Å²) in [5.74, 6) is 0.733. The minimum Gasteiger partial charge on any atom is -0.494 e. The molecule has 25 heavy (non-hydrogen) atoms. The number of hydrogen-bond acceptors (Lipinski definition) is 3. The lowest BCUT2D eigenvalue weighted by Gasteiger charge is -2.13. The van der Waals surface area contributed by atoms with Crippen LogP contribution in [-0.2, 0) is 4.79 Å². The van der Waals surface area contributed by atoms with Crippen LogP contribution in [0.3, 0.4) is 0 Å². The van der Waals surface area contributed by atoms with Gasteiger partial charge in [0, 0.05) is 22.9 Å². The lowest BCUT2D eigenvalue weighted by Crippen LogP contribution is -2.16. The minimum absolute atomic E-state index is 0.0538. The number of rotatable bonds is 6. The van der Waals surface area contributed by atoms with E-state index in [1.165, 1.54) is 0 Å². The summed E-state index contributed by atoms with van der Waals surface area (Å²) in [5, 5.41) is 5.85. The first kappa shape index (κ1) is 17.0. The molecule has 1 aliphatic rings. The van der Waals surface area contributed by atoms with E-state index >= 15 is 0 Å². The van der Waals surface area contributed by atoms with Crippen molar-refractivity contribution in [3.05, 3.63) is 53.6 Å². The van der Waals surface area contributed by atoms with Gasteiger partial charge in [-0.25, -0.2) is 0 Å². The van der Waals surface area contributed by atoms with Crippen molar-refractivity contribution in [2.24, 2.45) is 5.92 Å². The molecular weight excluding hydrogens is 316 g/mol. The summed E-state index contributed by atoms with van der Waals surface area (Å²) in [4.78, 5) is 24.4. The zero-order chi connectivity index (χ0) is 17.8. The highest BCUT2D eigenvalue weighted by molar-refractivity contribution is 6.05. The van der Waals surface area contributed by atoms with Crippen molar-refractivity contribution in [3.63, 3.8) is 0 Å². The second-order valence-electron chi connectivity index (χ2n) is 6.15. The van der Waals surface area contributed by atoms with Gasteiger partial charge in [-0.2, -0.15) is 0 Å². The van der Waals surface area contributed by atoms with Crippen LogP contribution in [0.2, 0.25) is 0 Å². The molecule has 5 heteroatoms. The van der Waals surface area contributed by atoms with E-state index in [4.69, 9.17) is 4.74 Å². The van der Waals surface area contributed by atoms with Gasteiger partial charge in [-0.1, -0.05) is 6.07 Å². The van der Waals surface area contributed by atoms with Crippen LogP contribution in [-0.4, -0.2) is 18.4 Å². The van der Waals surface area contributed by atoms with Gasteiger partial charge < -0.3 is 15.4 Å². The average molecular weight is 338 g/mol. The van der Waals surface area contributed by atoms with Gasteiger partial charge in [-0.05, 0) is 68.7 Å². The molecule has 0 unspecified atom stereocenters. The highest BCUT2D eigenvalue weighted by atomic mass is 16.5. The van der Waals surface area contributed by atoms with E-state index in [0.717, 1.165) is 29.8 Å². The third-order valence-corrected chi connectivity index (χ3v) is 4.22. The Morgan fingerprint density at radius 3 is 2.28 bits per heavy atom. The maximum Gasteiger partial charge on any atom is 0.255 e. The highest BCUT2D eigenvalue weighted by Crippen LogP contribution is 2.31. The molecular formula is C20H22N2O3. The number of carbonyl (C=O) groups excluding carboxylic acids is 2. The molecule has 2 N–H and O–H groups in total. The molecule has 2 aromatic rings. The van der Waals surface area contributed by atoms with Crippen LogP contribution in [0.5, 0.6) is 5.75 Å². The number of amides is 2. The molecule has 130 valence electrons. The van der Waals surface area contributed by atoms with Crippen molar-refractivity contribution in [1.29, 1.82) is 0 Å². The number of hydrogen-bond donors (Lipinski definition) is 2. The zero-order valence-electron chi connectivity index (χ0n) is 14.5. The fourth-order valence-corrected chi connectivity index (χ4v) is 2.55. The van der Waals surface area contributed by atoms with E-state index in [9.17, 15) is 9.59 Å². The molecule has 0 spiro atoms. The predicted molar refractivity (Wildman–Crippen MR) is 98.1 cm³/mol. The smallest absolute Gasteiger partial charge is 0.255 e. The zero-order valence-corrected chi connectivity index (χ0v) is 14.5. The second-order valence-corrected chi connectivity index (χ2v) is 6.15. The molecule has 5 nitrogen and oxygen atoms in total. The first-order chi connectivity index (χ1) is 12.1. The average Bonchev–Trinajstić information content (AvgIpc) is 3.44. The van der Waals surface area contributed by atoms with Crippen molar-refractivity contribution in [3.8, 4) is 5.75 Å². The number of anilines is 2. The maximum atomic E-state index is 12.4. The Morgan fingerprint density at radius 2 is 1.68 bits per heavy atom. The fourth-order valence-electron chi connectivity index (χ4n) is 2.55. The first-order valence-corrected chi connectivity index (χ1v) is 8.53. The molecule has 0 aromatic heterocycles. The molecule has 1 aliphatic carbocycles. The monoisotopic (exact) mass is 338 g/mol. The molecule has 2 aromatic carbocycles. The van der Waals surface area contributed by atoms with Crippen molar-refractivity contribution in [1.82, 2.24) is 0 Å². The summed E-state index contributed by atoms with van der Waals surface area (Å²) in [6, 6.07) is 12.5. The van der Waals surface area contributed by atoms with E-state index < -0.39 is 0 Å². The molecule has 0 heterocycles. The SMILES string of the molecule is CCOc1ccc(C(=O)Nc2cccc(NC(=O)C3CC3)c2C)cc1. The van der Waals surface area contributed by atoms with Gasteiger partial charge in [0.05, 0.1) is 6.61 Å². The molecule has 0 aliphatic heterocycles. The van der Waals surface area contributed by atoms with Crippen LogP contribution in [0.1, 0.15) is 35.7 Å². The topological polar surface area (TPSA) is 67.4 Å². The van der Waals surface area contributed by atoms with Crippen molar-refractivity contribution < 1.29 is 14.3 Å². The Balaban J connectivity index is 1.71. The summed E-state index contributed by atoms with van der Waals surface area (Å²) in [6.45, 7) is 4.39. The Hall–Kier alpha value is -2.82. The number of benzene rings is 2. The van der Waals surface area contributed by atoms with Gasteiger partial charge in [0.1, 0.15) is 5.75 Å². The largest absolute Gasteiger partial charge is 0.494 e. The number of ether oxygens (including phenoxy) is 1. The normalized spacial score (nSPS) is 13.2. The Bertz CT molecular complexity index is 780. The standard InChI is InChI=1S/C20H22N2O3/c1-3-25-16-11-9-15(10-12-16)20(24)22-18-6-4-5-17(13(18)2)21-19(23)14-7-8-14/h4-6,9-12,14H,3,7-8H2,1-2H3,(H,21,23)(H,22,24). The lowest BCUT2D eigenvalue weighted by atomic mass is 10.1. The van der Waals surface area contributed by atoms with Crippen molar-refractivity contribution in [2.45, 2.75) is 26.7 Å². The summed E-state index contributed by atoms with van der Waals surface area (Å²) in [5.41, 5.74) is 2.82. The third-order valence-electron chi connectivity index (χ3n) is 4.22. The number of nitrogens with one attached hydrogen (secondary N) is 2. The van der Waals surface area contributed by atoms with Crippen LogP contribution in [0.4, 0.5) is 11.4 Å². The molecule has 0 saturated heterocycles. The van der Waals surface area contributed by atoms with E-state index in [1.807, 2.05) is 32.0 Å². The van der Waals surface area contributed by atoms with Crippen LogP contribution in [0.25, 0.3) is 0 Å². The molecule has 2 amide bonds. The Labute approximate surface area is 147 Å². The van der Waals surface area contributed by atoms with Crippen LogP contribution in [0.15, 0.2) is 42.5 Å². The number of carbonyl (C=O) groups is 2. The van der Waals surface area contributed by atoms with Crippen LogP contribution in [0, 0.1) is 12.8 Å². The van der Waals surface area contributed by atoms with Gasteiger partial charge in [-0.3, -0.25) is 9.59 Å². The van der Waals surface area contributed by atoms with Crippen molar-refractivity contribution >= 4 is 23.2 Å². The van der Waals surface area contributed by atoms with Gasteiger partial charge in [0.15, 0.2) is 0 Å². The lowest BCUT2D eigenvalue weighted by molar-refractivity contribution is -0.117. The van der Waals surface area contributed by atoms with E-state index in [0.29, 0.717) is 17.9 Å². The van der Waals surface area contributed by atoms with Crippen LogP contribution >= 0.6 is 0 Å². The first-order valence-electron chi connectivity index (χ1n) is 8.53. The fraction of sp³-hybridized carbons (Fsp3) is 0.300. The summed E-state index contributed by atoms with van der Waals surface area (Å²) in [6.07, 6.45) is 1.91. The minimum atomic E-state index is -0.197. The molecule has 0 atom stereocenters. The molecule has 3 rings (SSSR count). The molecule has 1 fully saturated rings. The van der Waals surface area contributed by atoms with Crippen molar-refractivity contribution in [2.75, 3.05) is 17.2 Å².